The molecule has 0 radical (unpaired) electrons. The first kappa shape index (κ1) is 18.0. The predicted molar refractivity (Wildman–Crippen MR) is 111 cm³/mol. The van der Waals surface area contributed by atoms with Crippen LogP contribution in [-0.2, 0) is 6.54 Å². The van der Waals surface area contributed by atoms with Gasteiger partial charge in [0.2, 0.25) is 0 Å². The molecule has 2 aromatic carbocycles. The third-order valence-electron chi connectivity index (χ3n) is 4.63. The van der Waals surface area contributed by atoms with E-state index in [0.29, 0.717) is 12.4 Å². The van der Waals surface area contributed by atoms with Crippen molar-refractivity contribution in [3.8, 4) is 17.1 Å². The number of imidazole rings is 1. The lowest BCUT2D eigenvalue weighted by Gasteiger charge is -2.11. The summed E-state index contributed by atoms with van der Waals surface area (Å²) in [6.45, 7) is 4.91. The molecule has 0 aliphatic heterocycles. The highest BCUT2D eigenvalue weighted by Gasteiger charge is 2.15. The van der Waals surface area contributed by atoms with E-state index in [1.54, 1.807) is 7.11 Å². The molecule has 28 heavy (non-hydrogen) atoms. The smallest absolute Gasteiger partial charge is 0.166 e. The summed E-state index contributed by atoms with van der Waals surface area (Å²) in [5.41, 5.74) is 3.72. The molecule has 0 saturated heterocycles. The number of benzene rings is 2. The van der Waals surface area contributed by atoms with Crippen LogP contribution in [0.15, 0.2) is 60.9 Å². The quantitative estimate of drug-likeness (QED) is 0.531. The zero-order valence-corrected chi connectivity index (χ0v) is 16.3. The molecule has 4 aromatic rings. The second kappa shape index (κ2) is 7.68. The van der Waals surface area contributed by atoms with Crippen molar-refractivity contribution in [1.82, 2.24) is 19.5 Å². The number of nitrogens with zero attached hydrogens (tertiary/aromatic N) is 4. The molecular weight excluding hydrogens is 350 g/mol. The minimum atomic E-state index is 0.255. The molecule has 6 nitrogen and oxygen atoms in total. The van der Waals surface area contributed by atoms with Gasteiger partial charge in [-0.1, -0.05) is 30.3 Å². The van der Waals surface area contributed by atoms with Gasteiger partial charge in [0.05, 0.1) is 13.4 Å². The fourth-order valence-corrected chi connectivity index (χ4v) is 3.07. The van der Waals surface area contributed by atoms with Gasteiger partial charge < -0.3 is 14.6 Å². The Morgan fingerprint density at radius 2 is 1.75 bits per heavy atom. The molecule has 0 unspecified atom stereocenters. The van der Waals surface area contributed by atoms with Crippen molar-refractivity contribution in [3.63, 3.8) is 0 Å². The normalized spacial score (nSPS) is 11.1. The van der Waals surface area contributed by atoms with Crippen LogP contribution in [0.25, 0.3) is 22.6 Å². The van der Waals surface area contributed by atoms with Crippen molar-refractivity contribution in [3.05, 3.63) is 66.5 Å². The van der Waals surface area contributed by atoms with E-state index in [2.05, 4.69) is 40.8 Å². The van der Waals surface area contributed by atoms with Gasteiger partial charge in [0.1, 0.15) is 11.3 Å². The van der Waals surface area contributed by atoms with Crippen LogP contribution in [-0.4, -0.2) is 26.6 Å². The average molecular weight is 373 g/mol. The van der Waals surface area contributed by atoms with Crippen molar-refractivity contribution in [2.75, 3.05) is 12.4 Å². The Hall–Kier alpha value is -3.41. The van der Waals surface area contributed by atoms with E-state index in [1.165, 1.54) is 5.56 Å². The topological polar surface area (TPSA) is 64.9 Å². The molecule has 0 atom stereocenters. The summed E-state index contributed by atoms with van der Waals surface area (Å²) in [6.07, 6.45) is 1.83. The second-order valence-electron chi connectivity index (χ2n) is 6.88. The van der Waals surface area contributed by atoms with Crippen LogP contribution < -0.4 is 10.1 Å². The van der Waals surface area contributed by atoms with Crippen LogP contribution in [0.3, 0.4) is 0 Å². The Labute approximate surface area is 164 Å². The zero-order valence-electron chi connectivity index (χ0n) is 16.3. The number of methoxy groups -OCH3 is 1. The summed E-state index contributed by atoms with van der Waals surface area (Å²) < 4.78 is 7.32. The summed E-state index contributed by atoms with van der Waals surface area (Å²) >= 11 is 0. The maximum Gasteiger partial charge on any atom is 0.166 e. The molecule has 6 heteroatoms. The van der Waals surface area contributed by atoms with Gasteiger partial charge >= 0.3 is 0 Å². The zero-order chi connectivity index (χ0) is 19.5. The Kier molecular flexibility index (Phi) is 4.93. The molecule has 1 N–H and O–H groups in total. The van der Waals surface area contributed by atoms with Crippen molar-refractivity contribution >= 4 is 17.0 Å². The molecule has 4 rings (SSSR count). The third-order valence-corrected chi connectivity index (χ3v) is 4.63. The molecule has 0 saturated carbocycles. The first-order valence-electron chi connectivity index (χ1n) is 9.32. The number of ether oxygens (including phenoxy) is 1. The largest absolute Gasteiger partial charge is 0.497 e. The Morgan fingerprint density at radius 1 is 1.00 bits per heavy atom. The van der Waals surface area contributed by atoms with E-state index >= 15 is 0 Å². The minimum absolute atomic E-state index is 0.255. The number of nitrogens with one attached hydrogen (secondary N) is 1. The summed E-state index contributed by atoms with van der Waals surface area (Å²) in [4.78, 5) is 14.2. The van der Waals surface area contributed by atoms with Crippen LogP contribution in [0, 0.1) is 0 Å². The van der Waals surface area contributed by atoms with Crippen LogP contribution in [0.1, 0.15) is 25.5 Å². The lowest BCUT2D eigenvalue weighted by molar-refractivity contribution is 0.415. The Bertz CT molecular complexity index is 1070. The summed E-state index contributed by atoms with van der Waals surface area (Å²) in [5, 5.41) is 3.44. The van der Waals surface area contributed by atoms with E-state index < -0.39 is 0 Å². The van der Waals surface area contributed by atoms with Crippen molar-refractivity contribution < 1.29 is 4.74 Å². The van der Waals surface area contributed by atoms with Gasteiger partial charge in [-0.3, -0.25) is 0 Å². The van der Waals surface area contributed by atoms with E-state index in [1.807, 2.05) is 48.8 Å². The Morgan fingerprint density at radius 3 is 2.43 bits per heavy atom. The van der Waals surface area contributed by atoms with Crippen LogP contribution >= 0.6 is 0 Å². The monoisotopic (exact) mass is 373 g/mol. The molecule has 142 valence electrons. The lowest BCUT2D eigenvalue weighted by atomic mass is 10.2. The first-order chi connectivity index (χ1) is 13.7. The molecule has 0 bridgehead atoms. The number of aromatic nitrogens is 4. The lowest BCUT2D eigenvalue weighted by Crippen LogP contribution is -2.06. The summed E-state index contributed by atoms with van der Waals surface area (Å²) in [6, 6.07) is 18.3. The average Bonchev–Trinajstić information content (AvgIpc) is 3.17. The van der Waals surface area contributed by atoms with E-state index in [-0.39, 0.29) is 6.04 Å². The molecule has 0 spiro atoms. The van der Waals surface area contributed by atoms with E-state index in [0.717, 1.165) is 28.3 Å². The van der Waals surface area contributed by atoms with E-state index in [4.69, 9.17) is 14.7 Å². The molecule has 2 aromatic heterocycles. The molecule has 2 heterocycles. The predicted octanol–water partition coefficient (Wildman–Crippen LogP) is 4.69. The first-order valence-corrected chi connectivity index (χ1v) is 9.32. The maximum atomic E-state index is 5.26. The highest BCUT2D eigenvalue weighted by Crippen LogP contribution is 2.27. The number of hydrogen-bond donors (Lipinski definition) is 1. The maximum absolute atomic E-state index is 5.26. The van der Waals surface area contributed by atoms with Gasteiger partial charge in [0.15, 0.2) is 17.3 Å². The van der Waals surface area contributed by atoms with Gasteiger partial charge in [-0.2, -0.15) is 0 Å². The third kappa shape index (κ3) is 3.53. The van der Waals surface area contributed by atoms with Gasteiger partial charge in [-0.25, -0.2) is 15.0 Å². The van der Waals surface area contributed by atoms with Gasteiger partial charge in [0.25, 0.3) is 0 Å². The van der Waals surface area contributed by atoms with Crippen molar-refractivity contribution in [2.24, 2.45) is 0 Å². The van der Waals surface area contributed by atoms with Gasteiger partial charge in [0, 0.05) is 18.2 Å². The van der Waals surface area contributed by atoms with E-state index in [9.17, 15) is 0 Å². The SMILES string of the molecule is COc1ccc(-c2nc(NCc3ccccc3)c3ncn(C(C)C)c3n2)cc1. The second-order valence-corrected chi connectivity index (χ2v) is 6.88. The summed E-state index contributed by atoms with van der Waals surface area (Å²) in [5.74, 6) is 2.20. The fourth-order valence-electron chi connectivity index (χ4n) is 3.07. The van der Waals surface area contributed by atoms with Gasteiger partial charge in [-0.15, -0.1) is 0 Å². The van der Waals surface area contributed by atoms with Crippen molar-refractivity contribution in [1.29, 1.82) is 0 Å². The molecule has 0 amide bonds. The van der Waals surface area contributed by atoms with Crippen LogP contribution in [0.5, 0.6) is 5.75 Å². The molecule has 0 aliphatic rings. The molecular formula is C22H23N5O. The van der Waals surface area contributed by atoms with Gasteiger partial charge in [-0.05, 0) is 43.7 Å². The molecule has 0 aliphatic carbocycles. The minimum Gasteiger partial charge on any atom is -0.497 e. The standard InChI is InChI=1S/C22H23N5O/c1-15(2)27-14-24-19-21(23-13-16-7-5-4-6-8-16)25-20(26-22(19)27)17-9-11-18(28-3)12-10-17/h4-12,14-15H,13H2,1-3H3,(H,23,25,26). The number of fused-ring (bicyclic) bond motifs is 1. The highest BCUT2D eigenvalue weighted by molar-refractivity contribution is 5.85. The number of anilines is 1. The van der Waals surface area contributed by atoms with Crippen LogP contribution in [0.2, 0.25) is 0 Å². The summed E-state index contributed by atoms with van der Waals surface area (Å²) in [7, 11) is 1.66. The van der Waals surface area contributed by atoms with Crippen LogP contribution in [0.4, 0.5) is 5.82 Å². The highest BCUT2D eigenvalue weighted by atomic mass is 16.5. The Balaban J connectivity index is 1.77. The number of rotatable bonds is 6. The van der Waals surface area contributed by atoms with Crippen molar-refractivity contribution in [2.45, 2.75) is 26.4 Å². The molecule has 0 fully saturated rings. The number of hydrogen-bond acceptors (Lipinski definition) is 5. The fraction of sp³-hybridized carbons (Fsp3) is 0.227.